The van der Waals surface area contributed by atoms with Crippen molar-refractivity contribution in [1.29, 1.82) is 0 Å². The van der Waals surface area contributed by atoms with E-state index in [0.717, 1.165) is 0 Å². The van der Waals surface area contributed by atoms with Crippen LogP contribution < -0.4 is 0 Å². The van der Waals surface area contributed by atoms with Gasteiger partial charge in [-0.1, -0.05) is 0 Å². The molecular weight excluding hydrogens is 560 g/mol. The van der Waals surface area contributed by atoms with Crippen LogP contribution in [0.4, 0.5) is 0 Å². The molecule has 0 unspecified atom stereocenters. The van der Waals surface area contributed by atoms with Crippen LogP contribution in [0.5, 0.6) is 0 Å². The Morgan fingerprint density at radius 1 is 0.636 bits per heavy atom. The van der Waals surface area contributed by atoms with Gasteiger partial charge >= 0.3 is 105 Å². The Kier molecular flexibility index (Phi) is 9.74. The van der Waals surface area contributed by atoms with Gasteiger partial charge in [-0.05, 0) is 0 Å². The minimum atomic E-state index is -4.33. The maximum absolute atomic E-state index is 5.05. The average molecular weight is 560 g/mol. The van der Waals surface area contributed by atoms with Crippen LogP contribution in [0.25, 0.3) is 0 Å². The van der Waals surface area contributed by atoms with Crippen molar-refractivity contribution in [2.24, 2.45) is 0 Å². The van der Waals surface area contributed by atoms with E-state index < -0.39 is 25.6 Å². The summed E-state index contributed by atoms with van der Waals surface area (Å²) >= 11 is -7.62. The molecule has 0 bridgehead atoms. The first kappa shape index (κ1) is 17.6. The van der Waals surface area contributed by atoms with Crippen LogP contribution in [0.1, 0.15) is 0 Å². The van der Waals surface area contributed by atoms with Crippen molar-refractivity contribution < 1.29 is 0 Å². The third-order valence-electron chi connectivity index (χ3n) is 0. The molecule has 0 heterocycles. The molecule has 0 fully saturated rings. The number of hydrogen-bond donors (Lipinski definition) is 0. The minimum absolute atomic E-state index is 3.29. The first-order chi connectivity index (χ1) is 4.24. The Morgan fingerprint density at radius 3 is 0.636 bits per heavy atom. The summed E-state index contributed by atoms with van der Waals surface area (Å²) in [6.07, 6.45) is 0. The monoisotopic (exact) mass is 556 g/mol. The number of rotatable bonds is 0. The predicted molar refractivity (Wildman–Crippen MR) is 64.2 cm³/mol. The third-order valence-corrected chi connectivity index (χ3v) is 0. The molecule has 0 saturated carbocycles. The van der Waals surface area contributed by atoms with Crippen molar-refractivity contribution >= 4 is 105 Å². The summed E-state index contributed by atoms with van der Waals surface area (Å²) < 4.78 is 0. The quantitative estimate of drug-likeness (QED) is 0.347. The second kappa shape index (κ2) is 6.08. The van der Waals surface area contributed by atoms with Crippen LogP contribution in [0, 0.1) is 0 Å². The van der Waals surface area contributed by atoms with Crippen molar-refractivity contribution in [3.63, 3.8) is 0 Å². The van der Waals surface area contributed by atoms with Gasteiger partial charge in [0, 0.05) is 0 Å². The van der Waals surface area contributed by atoms with Crippen molar-refractivity contribution in [2.75, 3.05) is 0 Å². The molecule has 11 heavy (non-hydrogen) atoms. The normalized spacial score (nSPS) is 15.9. The van der Waals surface area contributed by atoms with Crippen molar-refractivity contribution in [1.82, 2.24) is 0 Å². The van der Waals surface area contributed by atoms with Crippen molar-refractivity contribution in [3.05, 3.63) is 0 Å². The molecule has 72 valence electrons. The zero-order valence-electron chi connectivity index (χ0n) is 4.35. The van der Waals surface area contributed by atoms with E-state index in [-0.39, 0.29) is 0 Å². The average Bonchev–Trinajstić information content (AvgIpc) is 1.07. The molecule has 0 nitrogen and oxygen atoms in total. The third kappa shape index (κ3) is 119. The molecule has 0 spiro atoms. The molecule has 0 aliphatic heterocycles. The van der Waals surface area contributed by atoms with E-state index in [0.29, 0.717) is 0 Å². The summed E-state index contributed by atoms with van der Waals surface area (Å²) in [6, 6.07) is 0. The van der Waals surface area contributed by atoms with Gasteiger partial charge in [0.25, 0.3) is 0 Å². The second-order valence-electron chi connectivity index (χ2n) is 1.07. The summed E-state index contributed by atoms with van der Waals surface area (Å²) in [7, 11) is 45.4. The molecule has 0 aromatic rings. The maximum atomic E-state index is 5.05. The van der Waals surface area contributed by atoms with Gasteiger partial charge in [0.2, 0.25) is 0 Å². The van der Waals surface area contributed by atoms with E-state index in [4.69, 9.17) is 79.8 Å². The Balaban J connectivity index is 0. The molecule has 0 aliphatic carbocycles. The van der Waals surface area contributed by atoms with Gasteiger partial charge in [0.1, 0.15) is 0 Å². The number of hydrogen-bond acceptors (Lipinski definition) is 0. The van der Waals surface area contributed by atoms with Crippen LogP contribution in [0.3, 0.4) is 0 Å². The molecule has 0 radical (unpaired) electrons. The van der Waals surface area contributed by atoms with Crippen LogP contribution >= 0.6 is 79.8 Å². The van der Waals surface area contributed by atoms with E-state index in [9.17, 15) is 0 Å². The van der Waals surface area contributed by atoms with Gasteiger partial charge in [0.15, 0.2) is 0 Å². The SMILES string of the molecule is [Cl][Sb]([Cl])([Cl])([Cl])[Cl].[Cl][Sn]([Cl])([Cl])[Cl]. The molecule has 11 heteroatoms. The van der Waals surface area contributed by atoms with Gasteiger partial charge in [-0.25, -0.2) is 0 Å². The summed E-state index contributed by atoms with van der Waals surface area (Å²) in [4.78, 5) is 0. The fourth-order valence-electron chi connectivity index (χ4n) is 0. The van der Waals surface area contributed by atoms with E-state index >= 15 is 0 Å². The zero-order valence-corrected chi connectivity index (χ0v) is 16.6. The molecule has 0 rings (SSSR count). The van der Waals surface area contributed by atoms with Gasteiger partial charge in [0.05, 0.1) is 0 Å². The van der Waals surface area contributed by atoms with Crippen LogP contribution in [-0.4, -0.2) is 25.6 Å². The Labute approximate surface area is 103 Å². The topological polar surface area (TPSA) is 0 Å². The zero-order chi connectivity index (χ0) is 9.95. The van der Waals surface area contributed by atoms with Crippen LogP contribution in [-0.2, 0) is 0 Å². The van der Waals surface area contributed by atoms with Crippen LogP contribution in [0.2, 0.25) is 0 Å². The van der Waals surface area contributed by atoms with Gasteiger partial charge in [-0.2, -0.15) is 0 Å². The Morgan fingerprint density at radius 2 is 0.636 bits per heavy atom. The van der Waals surface area contributed by atoms with Gasteiger partial charge < -0.3 is 0 Å². The molecular formula is Cl9SbSn. The van der Waals surface area contributed by atoms with Crippen molar-refractivity contribution in [3.8, 4) is 0 Å². The number of halogens is 9. The molecule has 0 saturated heterocycles. The van der Waals surface area contributed by atoms with E-state index in [1.54, 1.807) is 0 Å². The molecule has 0 atom stereocenters. The standard InChI is InChI=1S/9ClH.Sb.Sn/h9*1H;;/q;;;;;;;;;+5;+4/p-9. The van der Waals surface area contributed by atoms with Gasteiger partial charge in [-0.3, -0.25) is 0 Å². The van der Waals surface area contributed by atoms with Crippen LogP contribution in [0.15, 0.2) is 0 Å². The molecule has 0 N–H and O–H groups in total. The summed E-state index contributed by atoms with van der Waals surface area (Å²) in [5.74, 6) is 0. The van der Waals surface area contributed by atoms with E-state index in [1.165, 1.54) is 0 Å². The fourth-order valence-corrected chi connectivity index (χ4v) is 0. The molecule has 0 amide bonds. The first-order valence-corrected chi connectivity index (χ1v) is 32.2. The molecule has 0 aliphatic rings. The van der Waals surface area contributed by atoms with E-state index in [2.05, 4.69) is 0 Å². The summed E-state index contributed by atoms with van der Waals surface area (Å²) in [5, 5.41) is 0. The summed E-state index contributed by atoms with van der Waals surface area (Å²) in [5.41, 5.74) is 0. The van der Waals surface area contributed by atoms with E-state index in [1.807, 2.05) is 0 Å². The first-order valence-electron chi connectivity index (χ1n) is 1.60. The Hall–Kier alpha value is 4.23. The molecule has 0 aromatic carbocycles. The molecule has 0 aromatic heterocycles. The fraction of sp³-hybridized carbons (Fsp3) is 0. The summed E-state index contributed by atoms with van der Waals surface area (Å²) in [6.45, 7) is 0. The Bertz CT molecular complexity index is 88.8. The van der Waals surface area contributed by atoms with Crippen molar-refractivity contribution in [2.45, 2.75) is 0 Å². The predicted octanol–water partition coefficient (Wildman–Crippen LogP) is 5.44. The van der Waals surface area contributed by atoms with Gasteiger partial charge in [-0.15, -0.1) is 0 Å². The second-order valence-corrected chi connectivity index (χ2v) is 64.4.